The monoisotopic (exact) mass is 488 g/mol. The highest BCUT2D eigenvalue weighted by molar-refractivity contribution is 5.95. The third-order valence-electron chi connectivity index (χ3n) is 8.01. The molecule has 4 heterocycles. The molecule has 0 aliphatic carbocycles. The minimum Gasteiger partial charge on any atom is -0.508 e. The van der Waals surface area contributed by atoms with Crippen molar-refractivity contribution in [1.82, 2.24) is 20.2 Å². The average Bonchev–Trinajstić information content (AvgIpc) is 3.34. The number of nitrogens with one attached hydrogen (secondary N) is 1. The first-order chi connectivity index (χ1) is 17.6. The van der Waals surface area contributed by atoms with Gasteiger partial charge >= 0.3 is 6.01 Å². The number of ether oxygens (including phenoxy) is 1. The first kappa shape index (κ1) is 23.3. The topological polar surface area (TPSA) is 77.0 Å². The van der Waals surface area contributed by atoms with Gasteiger partial charge in [0.15, 0.2) is 0 Å². The number of rotatable bonds is 5. The maximum atomic E-state index is 10.4. The summed E-state index contributed by atoms with van der Waals surface area (Å²) in [4.78, 5) is 17.1. The Morgan fingerprint density at radius 3 is 2.69 bits per heavy atom. The maximum Gasteiger partial charge on any atom is 0.318 e. The van der Waals surface area contributed by atoms with E-state index in [2.05, 4.69) is 52.2 Å². The first-order valence-electron chi connectivity index (χ1n) is 13.3. The normalized spacial score (nSPS) is 21.6. The number of aromatic nitrogens is 2. The van der Waals surface area contributed by atoms with Crippen LogP contribution in [0.1, 0.15) is 31.0 Å². The van der Waals surface area contributed by atoms with Gasteiger partial charge < -0.3 is 25.0 Å². The maximum absolute atomic E-state index is 10.4. The van der Waals surface area contributed by atoms with Crippen molar-refractivity contribution in [3.8, 4) is 11.8 Å². The predicted molar refractivity (Wildman–Crippen MR) is 143 cm³/mol. The average molecular weight is 489 g/mol. The summed E-state index contributed by atoms with van der Waals surface area (Å²) in [5, 5.41) is 16.1. The second kappa shape index (κ2) is 9.75. The van der Waals surface area contributed by atoms with E-state index in [1.165, 1.54) is 12.0 Å². The Hall–Kier alpha value is -3.10. The number of likely N-dealkylation sites (tertiary alicyclic amines) is 1. The van der Waals surface area contributed by atoms with E-state index in [4.69, 9.17) is 14.7 Å². The van der Waals surface area contributed by atoms with Crippen LogP contribution in [0.5, 0.6) is 11.8 Å². The Kier molecular flexibility index (Phi) is 6.31. The standard InChI is InChI=1S/C28H36N6O2/c1-19(25-8-5-12-32(25)2)36-28-30-24-18-34(26-17-21(35)16-20-6-3-4-7-22(20)26)13-9-23(24)27(31-28)33-14-10-29-11-15-33/h3-4,6-7,16-17,19,25,29,35H,5,8-15,18H2,1-2H3/t19?,25-/m1/s1. The number of fused-ring (bicyclic) bond motifs is 2. The number of anilines is 2. The van der Waals surface area contributed by atoms with Gasteiger partial charge in [0.05, 0.1) is 12.2 Å². The van der Waals surface area contributed by atoms with Crippen LogP contribution in [0.2, 0.25) is 0 Å². The molecule has 2 atom stereocenters. The van der Waals surface area contributed by atoms with E-state index in [-0.39, 0.29) is 11.9 Å². The molecule has 2 saturated heterocycles. The SMILES string of the molecule is CC(Oc1nc2c(c(N3CCNCC3)n1)CCN(c1cc(O)cc3ccccc13)C2)[C@H]1CCCN1C. The molecular weight excluding hydrogens is 452 g/mol. The molecule has 0 radical (unpaired) electrons. The van der Waals surface area contributed by atoms with Gasteiger partial charge in [0.1, 0.15) is 17.7 Å². The zero-order valence-corrected chi connectivity index (χ0v) is 21.3. The Bertz CT molecular complexity index is 1240. The Morgan fingerprint density at radius 1 is 1.06 bits per heavy atom. The third kappa shape index (κ3) is 4.44. The summed E-state index contributed by atoms with van der Waals surface area (Å²) in [5.41, 5.74) is 3.30. The van der Waals surface area contributed by atoms with E-state index in [0.29, 0.717) is 18.6 Å². The molecule has 36 heavy (non-hydrogen) atoms. The van der Waals surface area contributed by atoms with Crippen LogP contribution in [-0.4, -0.2) is 78.4 Å². The van der Waals surface area contributed by atoms with Gasteiger partial charge in [-0.15, -0.1) is 0 Å². The molecule has 6 rings (SSSR count). The van der Waals surface area contributed by atoms with E-state index in [0.717, 1.165) is 80.1 Å². The van der Waals surface area contributed by atoms with Crippen molar-refractivity contribution in [3.63, 3.8) is 0 Å². The largest absolute Gasteiger partial charge is 0.508 e. The number of phenols is 1. The number of piperazine rings is 1. The van der Waals surface area contributed by atoms with Crippen LogP contribution in [0.15, 0.2) is 36.4 Å². The van der Waals surface area contributed by atoms with Gasteiger partial charge in [-0.3, -0.25) is 4.90 Å². The molecular formula is C28H36N6O2. The molecule has 2 fully saturated rings. The fraction of sp³-hybridized carbons (Fsp3) is 0.500. The first-order valence-corrected chi connectivity index (χ1v) is 13.3. The highest BCUT2D eigenvalue weighted by atomic mass is 16.5. The fourth-order valence-corrected chi connectivity index (χ4v) is 6.10. The van der Waals surface area contributed by atoms with E-state index < -0.39 is 0 Å². The fourth-order valence-electron chi connectivity index (χ4n) is 6.10. The second-order valence-corrected chi connectivity index (χ2v) is 10.4. The van der Waals surface area contributed by atoms with Crippen LogP contribution in [0.25, 0.3) is 10.8 Å². The van der Waals surface area contributed by atoms with Gasteiger partial charge in [0.2, 0.25) is 0 Å². The lowest BCUT2D eigenvalue weighted by Gasteiger charge is -2.36. The summed E-state index contributed by atoms with van der Waals surface area (Å²) < 4.78 is 6.43. The van der Waals surface area contributed by atoms with Crippen LogP contribution >= 0.6 is 0 Å². The second-order valence-electron chi connectivity index (χ2n) is 10.4. The molecule has 3 aliphatic heterocycles. The molecule has 3 aromatic rings. The van der Waals surface area contributed by atoms with Crippen molar-refractivity contribution in [1.29, 1.82) is 0 Å². The number of nitrogens with zero attached hydrogens (tertiary/aromatic N) is 5. The summed E-state index contributed by atoms with van der Waals surface area (Å²) in [6, 6.07) is 12.8. The Labute approximate surface area is 212 Å². The highest BCUT2D eigenvalue weighted by Crippen LogP contribution is 2.36. The zero-order chi connectivity index (χ0) is 24.6. The van der Waals surface area contributed by atoms with E-state index in [9.17, 15) is 5.11 Å². The Balaban J connectivity index is 1.35. The number of phenolic OH excluding ortho intramolecular Hbond substituents is 1. The van der Waals surface area contributed by atoms with Crippen LogP contribution in [0, 0.1) is 0 Å². The number of likely N-dealkylation sites (N-methyl/N-ethyl adjacent to an activating group) is 1. The van der Waals surface area contributed by atoms with E-state index in [1.54, 1.807) is 0 Å². The van der Waals surface area contributed by atoms with Gasteiger partial charge in [-0.25, -0.2) is 0 Å². The van der Waals surface area contributed by atoms with Crippen molar-refractivity contribution >= 4 is 22.3 Å². The van der Waals surface area contributed by atoms with Crippen LogP contribution < -0.4 is 19.9 Å². The van der Waals surface area contributed by atoms with Crippen molar-refractivity contribution < 1.29 is 9.84 Å². The van der Waals surface area contributed by atoms with Gasteiger partial charge in [-0.1, -0.05) is 24.3 Å². The molecule has 8 nitrogen and oxygen atoms in total. The summed E-state index contributed by atoms with van der Waals surface area (Å²) >= 11 is 0. The quantitative estimate of drug-likeness (QED) is 0.567. The lowest BCUT2D eigenvalue weighted by atomic mass is 10.0. The molecule has 0 amide bonds. The van der Waals surface area contributed by atoms with Gasteiger partial charge in [-0.05, 0) is 51.2 Å². The van der Waals surface area contributed by atoms with E-state index in [1.807, 2.05) is 18.2 Å². The molecule has 3 aliphatic rings. The third-order valence-corrected chi connectivity index (χ3v) is 8.01. The summed E-state index contributed by atoms with van der Waals surface area (Å²) in [6.45, 7) is 8.56. The lowest BCUT2D eigenvalue weighted by molar-refractivity contribution is 0.111. The number of aromatic hydroxyl groups is 1. The predicted octanol–water partition coefficient (Wildman–Crippen LogP) is 3.17. The minimum atomic E-state index is 0.0288. The molecule has 0 bridgehead atoms. The molecule has 1 aromatic heterocycles. The van der Waals surface area contributed by atoms with Crippen molar-refractivity contribution in [2.24, 2.45) is 0 Å². The molecule has 0 saturated carbocycles. The molecule has 2 aromatic carbocycles. The molecule has 2 N–H and O–H groups in total. The number of benzene rings is 2. The van der Waals surface area contributed by atoms with Crippen molar-refractivity contribution in [3.05, 3.63) is 47.7 Å². The highest BCUT2D eigenvalue weighted by Gasteiger charge is 2.31. The van der Waals surface area contributed by atoms with Gasteiger partial charge in [0.25, 0.3) is 0 Å². The van der Waals surface area contributed by atoms with Crippen LogP contribution in [0.3, 0.4) is 0 Å². The Morgan fingerprint density at radius 2 is 1.89 bits per heavy atom. The van der Waals surface area contributed by atoms with Crippen molar-refractivity contribution in [2.75, 3.05) is 56.1 Å². The summed E-state index contributed by atoms with van der Waals surface area (Å²) in [6.07, 6.45) is 3.24. The lowest BCUT2D eigenvalue weighted by Crippen LogP contribution is -2.45. The minimum absolute atomic E-state index is 0.0288. The summed E-state index contributed by atoms with van der Waals surface area (Å²) in [7, 11) is 2.18. The number of hydrogen-bond acceptors (Lipinski definition) is 8. The number of hydrogen-bond donors (Lipinski definition) is 2. The molecule has 0 spiro atoms. The van der Waals surface area contributed by atoms with Crippen molar-refractivity contribution in [2.45, 2.75) is 44.9 Å². The van der Waals surface area contributed by atoms with Crippen LogP contribution in [-0.2, 0) is 13.0 Å². The summed E-state index contributed by atoms with van der Waals surface area (Å²) in [5.74, 6) is 1.32. The van der Waals surface area contributed by atoms with E-state index >= 15 is 0 Å². The van der Waals surface area contributed by atoms with Gasteiger partial charge in [0, 0.05) is 61.5 Å². The molecule has 8 heteroatoms. The molecule has 1 unspecified atom stereocenters. The van der Waals surface area contributed by atoms with Crippen LogP contribution in [0.4, 0.5) is 11.5 Å². The molecule has 190 valence electrons. The zero-order valence-electron chi connectivity index (χ0n) is 21.3. The smallest absolute Gasteiger partial charge is 0.318 e. The van der Waals surface area contributed by atoms with Gasteiger partial charge in [-0.2, -0.15) is 9.97 Å².